The maximum atomic E-state index is 11.0. The Balaban J connectivity index is 0.000000386. The third kappa shape index (κ3) is 3.87. The molecule has 0 saturated carbocycles. The Hall–Kier alpha value is -1.61. The molecular formula is C13H17NO2. The molecule has 1 aromatic carbocycles. The molecule has 3 heteroatoms. The van der Waals surface area contributed by atoms with Gasteiger partial charge in [-0.05, 0) is 12.5 Å². The highest BCUT2D eigenvalue weighted by Crippen LogP contribution is 2.14. The van der Waals surface area contributed by atoms with Crippen molar-refractivity contribution in [3.63, 3.8) is 0 Å². The van der Waals surface area contributed by atoms with Crippen LogP contribution in [-0.4, -0.2) is 19.1 Å². The molecule has 1 atom stereocenters. The lowest BCUT2D eigenvalue weighted by atomic mass is 10.1. The number of nitrogens with one attached hydrogen (secondary N) is 1. The maximum Gasteiger partial charge on any atom is 0.246 e. The topological polar surface area (TPSA) is 38.3 Å². The summed E-state index contributed by atoms with van der Waals surface area (Å²) in [6, 6.07) is 9.85. The monoisotopic (exact) mass is 219 g/mol. The van der Waals surface area contributed by atoms with Gasteiger partial charge >= 0.3 is 0 Å². The number of allylic oxidation sites excluding steroid dienone is 1. The van der Waals surface area contributed by atoms with Crippen molar-refractivity contribution in [2.24, 2.45) is 0 Å². The van der Waals surface area contributed by atoms with Crippen molar-refractivity contribution in [1.82, 2.24) is 5.32 Å². The highest BCUT2D eigenvalue weighted by atomic mass is 16.5. The zero-order chi connectivity index (χ0) is 11.8. The van der Waals surface area contributed by atoms with Gasteiger partial charge in [0.2, 0.25) is 5.91 Å². The van der Waals surface area contributed by atoms with Crippen LogP contribution in [0.2, 0.25) is 0 Å². The van der Waals surface area contributed by atoms with E-state index in [-0.39, 0.29) is 18.6 Å². The van der Waals surface area contributed by atoms with E-state index in [1.165, 1.54) is 0 Å². The minimum atomic E-state index is -0.0416. The summed E-state index contributed by atoms with van der Waals surface area (Å²) in [5.74, 6) is -0.0416. The van der Waals surface area contributed by atoms with Crippen molar-refractivity contribution < 1.29 is 9.53 Å². The van der Waals surface area contributed by atoms with Gasteiger partial charge in [0, 0.05) is 0 Å². The van der Waals surface area contributed by atoms with Crippen LogP contribution >= 0.6 is 0 Å². The van der Waals surface area contributed by atoms with Gasteiger partial charge in [0.15, 0.2) is 0 Å². The fourth-order valence-corrected chi connectivity index (χ4v) is 1.41. The molecule has 2 rings (SSSR count). The second-order valence-electron chi connectivity index (χ2n) is 3.45. The van der Waals surface area contributed by atoms with Crippen molar-refractivity contribution in [3.8, 4) is 0 Å². The third-order valence-electron chi connectivity index (χ3n) is 2.05. The second-order valence-corrected chi connectivity index (χ2v) is 3.45. The van der Waals surface area contributed by atoms with Crippen LogP contribution in [0.25, 0.3) is 0 Å². The maximum absolute atomic E-state index is 11.0. The first-order valence-corrected chi connectivity index (χ1v) is 5.27. The summed E-state index contributed by atoms with van der Waals surface area (Å²) in [4.78, 5) is 11.0. The minimum absolute atomic E-state index is 0.0162. The molecule has 86 valence electrons. The molecule has 0 bridgehead atoms. The molecule has 1 aliphatic rings. The number of hydrogen-bond donors (Lipinski definition) is 1. The van der Waals surface area contributed by atoms with E-state index in [1.807, 2.05) is 37.3 Å². The molecule has 1 amide bonds. The standard InChI is InChI=1S/C10H11NO2.C3H6/c12-10-7-13-6-9(11-10)8-4-2-1-3-5-8;1-3-2/h1-5,9H,6-7H2,(H,11,12);3H,1H2,2H3. The van der Waals surface area contributed by atoms with Gasteiger partial charge in [0.25, 0.3) is 0 Å². The average Bonchev–Trinajstić information content (AvgIpc) is 2.31. The molecular weight excluding hydrogens is 202 g/mol. The van der Waals surface area contributed by atoms with Crippen LogP contribution in [0.3, 0.4) is 0 Å². The Morgan fingerprint density at radius 2 is 2.06 bits per heavy atom. The minimum Gasteiger partial charge on any atom is -0.369 e. The highest BCUT2D eigenvalue weighted by molar-refractivity contribution is 5.78. The van der Waals surface area contributed by atoms with Crippen molar-refractivity contribution in [1.29, 1.82) is 0 Å². The molecule has 1 aliphatic heterocycles. The SMILES string of the molecule is C=CC.O=C1COCC(c2ccccc2)N1. The Morgan fingerprint density at radius 3 is 2.62 bits per heavy atom. The highest BCUT2D eigenvalue weighted by Gasteiger charge is 2.19. The summed E-state index contributed by atoms with van der Waals surface area (Å²) in [6.45, 7) is 6.00. The molecule has 0 radical (unpaired) electrons. The van der Waals surface area contributed by atoms with Gasteiger partial charge in [-0.25, -0.2) is 0 Å². The number of morpholine rings is 1. The predicted octanol–water partition coefficient (Wildman–Crippen LogP) is 2.07. The lowest BCUT2D eigenvalue weighted by Crippen LogP contribution is -2.39. The molecule has 3 nitrogen and oxygen atoms in total. The molecule has 1 saturated heterocycles. The van der Waals surface area contributed by atoms with E-state index < -0.39 is 0 Å². The van der Waals surface area contributed by atoms with E-state index in [1.54, 1.807) is 6.08 Å². The van der Waals surface area contributed by atoms with Gasteiger partial charge in [-0.3, -0.25) is 4.79 Å². The van der Waals surface area contributed by atoms with E-state index in [0.29, 0.717) is 6.61 Å². The van der Waals surface area contributed by atoms with Gasteiger partial charge in [-0.2, -0.15) is 0 Å². The summed E-state index contributed by atoms with van der Waals surface area (Å²) in [7, 11) is 0. The zero-order valence-corrected chi connectivity index (χ0v) is 9.48. The van der Waals surface area contributed by atoms with Crippen LogP contribution < -0.4 is 5.32 Å². The Bertz CT molecular complexity index is 335. The van der Waals surface area contributed by atoms with Gasteiger partial charge in [0.1, 0.15) is 6.61 Å². The van der Waals surface area contributed by atoms with Crippen LogP contribution in [-0.2, 0) is 9.53 Å². The number of carbonyl (C=O) groups excluding carboxylic acids is 1. The number of amides is 1. The van der Waals surface area contributed by atoms with Crippen LogP contribution in [0.5, 0.6) is 0 Å². The summed E-state index contributed by atoms with van der Waals surface area (Å²) >= 11 is 0. The molecule has 1 unspecified atom stereocenters. The van der Waals surface area contributed by atoms with Crippen LogP contribution in [0.4, 0.5) is 0 Å². The van der Waals surface area contributed by atoms with Crippen LogP contribution in [0, 0.1) is 0 Å². The van der Waals surface area contributed by atoms with Gasteiger partial charge < -0.3 is 10.1 Å². The van der Waals surface area contributed by atoms with Crippen molar-refractivity contribution >= 4 is 5.91 Å². The Kier molecular flexibility index (Phi) is 5.29. The van der Waals surface area contributed by atoms with Crippen LogP contribution in [0.1, 0.15) is 18.5 Å². The first kappa shape index (κ1) is 12.5. The van der Waals surface area contributed by atoms with E-state index in [0.717, 1.165) is 5.56 Å². The first-order valence-electron chi connectivity index (χ1n) is 5.27. The molecule has 1 aromatic rings. The normalized spacial score (nSPS) is 19.1. The lowest BCUT2D eigenvalue weighted by Gasteiger charge is -2.23. The average molecular weight is 219 g/mol. The zero-order valence-electron chi connectivity index (χ0n) is 9.48. The number of rotatable bonds is 1. The number of benzene rings is 1. The quantitative estimate of drug-likeness (QED) is 0.734. The number of ether oxygens (including phenoxy) is 1. The molecule has 1 fully saturated rings. The largest absolute Gasteiger partial charge is 0.369 e. The number of hydrogen-bond acceptors (Lipinski definition) is 2. The fourth-order valence-electron chi connectivity index (χ4n) is 1.41. The molecule has 1 heterocycles. The Morgan fingerprint density at radius 1 is 1.44 bits per heavy atom. The first-order chi connectivity index (χ1) is 7.77. The summed E-state index contributed by atoms with van der Waals surface area (Å²) in [5.41, 5.74) is 1.09. The van der Waals surface area contributed by atoms with Crippen molar-refractivity contribution in [2.75, 3.05) is 13.2 Å². The van der Waals surface area contributed by atoms with Crippen molar-refractivity contribution in [2.45, 2.75) is 13.0 Å². The lowest BCUT2D eigenvalue weighted by molar-refractivity contribution is -0.131. The molecule has 0 aromatic heterocycles. The summed E-state index contributed by atoms with van der Waals surface area (Å²) < 4.78 is 5.14. The third-order valence-corrected chi connectivity index (χ3v) is 2.05. The molecule has 16 heavy (non-hydrogen) atoms. The van der Waals surface area contributed by atoms with E-state index in [9.17, 15) is 4.79 Å². The van der Waals surface area contributed by atoms with E-state index in [4.69, 9.17) is 4.74 Å². The summed E-state index contributed by atoms with van der Waals surface area (Å²) in [5, 5.41) is 2.87. The van der Waals surface area contributed by atoms with Gasteiger partial charge in [-0.15, -0.1) is 6.58 Å². The Labute approximate surface area is 96.1 Å². The molecule has 1 N–H and O–H groups in total. The van der Waals surface area contributed by atoms with E-state index in [2.05, 4.69) is 11.9 Å². The second kappa shape index (κ2) is 6.80. The summed E-state index contributed by atoms with van der Waals surface area (Å²) in [6.07, 6.45) is 1.75. The van der Waals surface area contributed by atoms with Crippen molar-refractivity contribution in [3.05, 3.63) is 48.6 Å². The van der Waals surface area contributed by atoms with Gasteiger partial charge in [0.05, 0.1) is 12.6 Å². The smallest absolute Gasteiger partial charge is 0.246 e. The van der Waals surface area contributed by atoms with Crippen LogP contribution in [0.15, 0.2) is 43.0 Å². The number of carbonyl (C=O) groups is 1. The fraction of sp³-hybridized carbons (Fsp3) is 0.308. The van der Waals surface area contributed by atoms with Gasteiger partial charge in [-0.1, -0.05) is 36.4 Å². The molecule has 0 spiro atoms. The predicted molar refractivity (Wildman–Crippen MR) is 64.0 cm³/mol. The molecule has 0 aliphatic carbocycles. The van der Waals surface area contributed by atoms with E-state index >= 15 is 0 Å².